The maximum absolute atomic E-state index is 8.89. The summed E-state index contributed by atoms with van der Waals surface area (Å²) in [7, 11) is 0.267. The monoisotopic (exact) mass is 249 g/mol. The van der Waals surface area contributed by atoms with Crippen molar-refractivity contribution in [3.05, 3.63) is 0 Å². The van der Waals surface area contributed by atoms with Gasteiger partial charge in [-0.15, -0.1) is 0 Å². The second-order valence-corrected chi connectivity index (χ2v) is 6.74. The molecule has 0 unspecified atom stereocenters. The summed E-state index contributed by atoms with van der Waals surface area (Å²) in [6.45, 7) is 2.80. The Morgan fingerprint density at radius 1 is 0.688 bits per heavy atom. The maximum atomic E-state index is 8.89. The average Bonchev–Trinajstić information content (AvgIpc) is 2.28. The zero-order chi connectivity index (χ0) is 12.1. The van der Waals surface area contributed by atoms with E-state index in [4.69, 9.17) is 10.2 Å². The van der Waals surface area contributed by atoms with Crippen LogP contribution in [0.1, 0.15) is 51.9 Å². The van der Waals surface area contributed by atoms with Crippen molar-refractivity contribution in [1.82, 2.24) is 0 Å². The van der Waals surface area contributed by atoms with Gasteiger partial charge in [0.2, 0.25) is 0 Å². The first-order chi connectivity index (χ1) is 7.85. The molecular weight excluding hydrogens is 220 g/mol. The molecule has 0 saturated heterocycles. The molecule has 0 aromatic heterocycles. The highest BCUT2D eigenvalue weighted by atomic mass is 32.2. The van der Waals surface area contributed by atoms with Crippen LogP contribution in [0.3, 0.4) is 0 Å². The molecule has 0 bridgehead atoms. The van der Waals surface area contributed by atoms with Crippen molar-refractivity contribution in [2.45, 2.75) is 51.9 Å². The molecule has 0 saturated carbocycles. The van der Waals surface area contributed by atoms with Gasteiger partial charge < -0.3 is 10.2 Å². The zero-order valence-corrected chi connectivity index (χ0v) is 11.6. The quantitative estimate of drug-likeness (QED) is 0.412. The number of hydrogen-bond acceptors (Lipinski definition) is 2. The SMILES string of the molecule is CCCCCCCCC[S+](CCO)CCO. The van der Waals surface area contributed by atoms with E-state index in [2.05, 4.69) is 6.92 Å². The van der Waals surface area contributed by atoms with Gasteiger partial charge in [0.15, 0.2) is 0 Å². The molecule has 0 aromatic rings. The van der Waals surface area contributed by atoms with E-state index >= 15 is 0 Å². The van der Waals surface area contributed by atoms with Crippen molar-refractivity contribution in [3.8, 4) is 0 Å². The fourth-order valence-corrected chi connectivity index (χ4v) is 3.57. The van der Waals surface area contributed by atoms with E-state index in [1.807, 2.05) is 0 Å². The Kier molecular flexibility index (Phi) is 13.6. The molecule has 0 atom stereocenters. The van der Waals surface area contributed by atoms with Crippen molar-refractivity contribution in [2.24, 2.45) is 0 Å². The van der Waals surface area contributed by atoms with E-state index in [0.29, 0.717) is 0 Å². The van der Waals surface area contributed by atoms with Gasteiger partial charge in [0, 0.05) is 0 Å². The fraction of sp³-hybridized carbons (Fsp3) is 1.00. The Hall–Kier alpha value is 0.270. The molecule has 0 amide bonds. The van der Waals surface area contributed by atoms with Gasteiger partial charge in [-0.3, -0.25) is 0 Å². The predicted molar refractivity (Wildman–Crippen MR) is 74.1 cm³/mol. The lowest BCUT2D eigenvalue weighted by atomic mass is 10.1. The van der Waals surface area contributed by atoms with Crippen LogP contribution in [0.25, 0.3) is 0 Å². The topological polar surface area (TPSA) is 40.5 Å². The van der Waals surface area contributed by atoms with Crippen LogP contribution in [-0.2, 0) is 10.9 Å². The summed E-state index contributed by atoms with van der Waals surface area (Å²) >= 11 is 0. The third kappa shape index (κ3) is 10.8. The molecule has 0 spiro atoms. The minimum Gasteiger partial charge on any atom is -0.391 e. The Morgan fingerprint density at radius 2 is 1.19 bits per heavy atom. The van der Waals surface area contributed by atoms with Crippen LogP contribution < -0.4 is 0 Å². The molecule has 0 aliphatic carbocycles. The van der Waals surface area contributed by atoms with Crippen molar-refractivity contribution in [1.29, 1.82) is 0 Å². The van der Waals surface area contributed by atoms with E-state index in [1.54, 1.807) is 0 Å². The third-order valence-electron chi connectivity index (χ3n) is 2.80. The van der Waals surface area contributed by atoms with Crippen LogP contribution in [0.4, 0.5) is 0 Å². The largest absolute Gasteiger partial charge is 0.391 e. The van der Waals surface area contributed by atoms with Crippen molar-refractivity contribution in [2.75, 3.05) is 30.5 Å². The second kappa shape index (κ2) is 13.3. The first-order valence-corrected chi connectivity index (χ1v) is 8.44. The summed E-state index contributed by atoms with van der Waals surface area (Å²) in [5.74, 6) is 2.97. The first kappa shape index (κ1) is 16.3. The lowest BCUT2D eigenvalue weighted by Gasteiger charge is -2.06. The Morgan fingerprint density at radius 3 is 1.69 bits per heavy atom. The van der Waals surface area contributed by atoms with Crippen LogP contribution in [0.2, 0.25) is 0 Å². The van der Waals surface area contributed by atoms with Crippen molar-refractivity contribution in [3.63, 3.8) is 0 Å². The minimum absolute atomic E-state index is 0.267. The summed E-state index contributed by atoms with van der Waals surface area (Å²) in [6.07, 6.45) is 9.40. The van der Waals surface area contributed by atoms with Crippen LogP contribution in [0.5, 0.6) is 0 Å². The Labute approximate surface area is 104 Å². The molecule has 0 aliphatic rings. The molecule has 98 valence electrons. The van der Waals surface area contributed by atoms with E-state index in [-0.39, 0.29) is 24.1 Å². The van der Waals surface area contributed by atoms with Gasteiger partial charge in [-0.1, -0.05) is 39.0 Å². The van der Waals surface area contributed by atoms with Gasteiger partial charge in [0.05, 0.1) is 13.2 Å². The molecule has 0 aliphatic heterocycles. The van der Waals surface area contributed by atoms with Crippen LogP contribution in [0, 0.1) is 0 Å². The third-order valence-corrected chi connectivity index (χ3v) is 5.18. The molecule has 2 nitrogen and oxygen atoms in total. The molecule has 0 heterocycles. The standard InChI is InChI=1S/C13H29O2S/c1-2-3-4-5-6-7-8-11-16(12-9-14)13-10-15/h14-15H,2-13H2,1H3/q+1. The normalized spacial score (nSPS) is 11.2. The van der Waals surface area contributed by atoms with Crippen LogP contribution >= 0.6 is 0 Å². The molecule has 16 heavy (non-hydrogen) atoms. The van der Waals surface area contributed by atoms with Gasteiger partial charge in [-0.2, -0.15) is 0 Å². The van der Waals surface area contributed by atoms with Crippen LogP contribution in [-0.4, -0.2) is 40.7 Å². The van der Waals surface area contributed by atoms with Gasteiger partial charge in [0.25, 0.3) is 0 Å². The van der Waals surface area contributed by atoms with E-state index in [1.165, 1.54) is 50.7 Å². The molecule has 0 fully saturated rings. The number of aliphatic hydroxyl groups is 2. The summed E-state index contributed by atoms with van der Waals surface area (Å²) < 4.78 is 0. The summed E-state index contributed by atoms with van der Waals surface area (Å²) in [5.41, 5.74) is 0. The van der Waals surface area contributed by atoms with Gasteiger partial charge >= 0.3 is 0 Å². The summed E-state index contributed by atoms with van der Waals surface area (Å²) in [4.78, 5) is 0. The number of rotatable bonds is 12. The summed E-state index contributed by atoms with van der Waals surface area (Å²) in [5, 5.41) is 17.8. The Bertz CT molecular complexity index is 125. The first-order valence-electron chi connectivity index (χ1n) is 6.71. The zero-order valence-electron chi connectivity index (χ0n) is 10.8. The van der Waals surface area contributed by atoms with E-state index in [0.717, 1.165) is 11.5 Å². The molecule has 2 N–H and O–H groups in total. The minimum atomic E-state index is 0.267. The number of hydrogen-bond donors (Lipinski definition) is 2. The maximum Gasteiger partial charge on any atom is 0.131 e. The molecular formula is C13H29O2S+. The van der Waals surface area contributed by atoms with E-state index < -0.39 is 0 Å². The van der Waals surface area contributed by atoms with Gasteiger partial charge in [0.1, 0.15) is 17.3 Å². The number of unbranched alkanes of at least 4 members (excludes halogenated alkanes) is 6. The molecule has 0 aromatic carbocycles. The van der Waals surface area contributed by atoms with Gasteiger partial charge in [-0.25, -0.2) is 0 Å². The number of aliphatic hydroxyl groups excluding tert-OH is 2. The van der Waals surface area contributed by atoms with Gasteiger partial charge in [-0.05, 0) is 23.7 Å². The smallest absolute Gasteiger partial charge is 0.131 e. The molecule has 0 radical (unpaired) electrons. The average molecular weight is 249 g/mol. The highest BCUT2D eigenvalue weighted by Crippen LogP contribution is 2.09. The second-order valence-electron chi connectivity index (χ2n) is 4.29. The fourth-order valence-electron chi connectivity index (χ4n) is 1.83. The lowest BCUT2D eigenvalue weighted by molar-refractivity contribution is 0.316. The molecule has 0 rings (SSSR count). The van der Waals surface area contributed by atoms with E-state index in [9.17, 15) is 0 Å². The van der Waals surface area contributed by atoms with Crippen molar-refractivity contribution >= 4 is 10.9 Å². The highest BCUT2D eigenvalue weighted by Gasteiger charge is 2.15. The summed E-state index contributed by atoms with van der Waals surface area (Å²) in [6, 6.07) is 0. The molecule has 3 heteroatoms. The lowest BCUT2D eigenvalue weighted by Crippen LogP contribution is -2.20. The van der Waals surface area contributed by atoms with Crippen LogP contribution in [0.15, 0.2) is 0 Å². The predicted octanol–water partition coefficient (Wildman–Crippen LogP) is 2.34. The Balaban J connectivity index is 3.25. The highest BCUT2D eigenvalue weighted by molar-refractivity contribution is 7.96. The van der Waals surface area contributed by atoms with Crippen molar-refractivity contribution < 1.29 is 10.2 Å².